The Bertz CT molecular complexity index is 721. The summed E-state index contributed by atoms with van der Waals surface area (Å²) in [6.07, 6.45) is 10.2. The second kappa shape index (κ2) is 10.8. The van der Waals surface area contributed by atoms with Gasteiger partial charge in [-0.1, -0.05) is 31.9 Å². The van der Waals surface area contributed by atoms with Crippen molar-refractivity contribution >= 4 is 17.8 Å². The second-order valence-electron chi connectivity index (χ2n) is 9.79. The third-order valence-electron chi connectivity index (χ3n) is 6.78. The maximum Gasteiger partial charge on any atom is 0.303 e. The van der Waals surface area contributed by atoms with E-state index in [1.165, 1.54) is 0 Å². The van der Waals surface area contributed by atoms with Gasteiger partial charge in [0.1, 0.15) is 17.7 Å². The number of fused-ring (bicyclic) bond motifs is 5. The molecule has 3 saturated heterocycles. The van der Waals surface area contributed by atoms with E-state index >= 15 is 0 Å². The van der Waals surface area contributed by atoms with Gasteiger partial charge in [0.15, 0.2) is 0 Å². The number of aliphatic carboxylic acids is 1. The van der Waals surface area contributed by atoms with Gasteiger partial charge in [-0.2, -0.15) is 0 Å². The van der Waals surface area contributed by atoms with Crippen molar-refractivity contribution in [2.75, 3.05) is 6.54 Å². The fraction of sp³-hybridized carbons (Fsp3) is 0.792. The Morgan fingerprint density at radius 2 is 1.62 bits per heavy atom. The first-order chi connectivity index (χ1) is 15.2. The number of unbranched alkanes of at least 4 members (excludes halogenated alkanes) is 3. The summed E-state index contributed by atoms with van der Waals surface area (Å²) in [7, 11) is 0. The molecular weight excluding hydrogens is 412 g/mol. The predicted octanol–water partition coefficient (Wildman–Crippen LogP) is 2.56. The van der Waals surface area contributed by atoms with Crippen LogP contribution in [0.2, 0.25) is 0 Å². The van der Waals surface area contributed by atoms with Gasteiger partial charge in [0, 0.05) is 25.3 Å². The SMILES string of the molecule is CCCCCC(=O)NC(C)(C)C(=O)NC[C@@H]1[C@H](C/C=C\CCCC(=O)O)[C@H]2O[C@@H]1[C@H]1O[C@H]12. The molecule has 3 fully saturated rings. The van der Waals surface area contributed by atoms with Gasteiger partial charge in [-0.25, -0.2) is 0 Å². The normalized spacial score (nSPS) is 30.3. The predicted molar refractivity (Wildman–Crippen MR) is 119 cm³/mol. The Labute approximate surface area is 190 Å². The zero-order valence-electron chi connectivity index (χ0n) is 19.5. The van der Waals surface area contributed by atoms with Gasteiger partial charge >= 0.3 is 5.97 Å². The highest BCUT2D eigenvalue weighted by atomic mass is 16.7. The topological polar surface area (TPSA) is 117 Å². The van der Waals surface area contributed by atoms with Crippen molar-refractivity contribution < 1.29 is 29.0 Å². The molecule has 3 aliphatic heterocycles. The molecule has 6 atom stereocenters. The molecule has 0 radical (unpaired) electrons. The van der Waals surface area contributed by atoms with E-state index in [9.17, 15) is 14.4 Å². The molecule has 32 heavy (non-hydrogen) atoms. The number of amides is 2. The summed E-state index contributed by atoms with van der Waals surface area (Å²) in [6, 6.07) is 0. The van der Waals surface area contributed by atoms with Crippen LogP contribution < -0.4 is 10.6 Å². The summed E-state index contributed by atoms with van der Waals surface area (Å²) in [5.41, 5.74) is -0.972. The summed E-state index contributed by atoms with van der Waals surface area (Å²) in [6.45, 7) is 6.04. The lowest BCUT2D eigenvalue weighted by Crippen LogP contribution is -2.56. The molecule has 0 aliphatic carbocycles. The molecule has 8 heteroatoms. The minimum atomic E-state index is -0.972. The average molecular weight is 451 g/mol. The third-order valence-corrected chi connectivity index (χ3v) is 6.78. The maximum absolute atomic E-state index is 12.8. The van der Waals surface area contributed by atoms with Gasteiger partial charge in [0.05, 0.1) is 12.2 Å². The Morgan fingerprint density at radius 1 is 0.938 bits per heavy atom. The monoisotopic (exact) mass is 450 g/mol. The standard InChI is InChI=1S/C24H38N2O6/c1-4-5-8-12-17(27)26-24(2,3)23(30)25-14-16-15(11-9-6-7-10-13-18(28)29)19-21-22(32-21)20(16)31-19/h6,9,15-16,19-22H,4-5,7-8,10-14H2,1-3H3,(H,25,30)(H,26,27)(H,28,29)/b9-6-/t15-,16+,19+,20-,21-,22+/m0/s1. The number of hydrogen-bond donors (Lipinski definition) is 3. The number of carboxylic acids is 1. The maximum atomic E-state index is 12.8. The van der Waals surface area contributed by atoms with Crippen molar-refractivity contribution in [1.82, 2.24) is 10.6 Å². The molecule has 0 spiro atoms. The number of ether oxygens (including phenoxy) is 2. The van der Waals surface area contributed by atoms with E-state index in [2.05, 4.69) is 23.6 Å². The molecule has 0 aromatic heterocycles. The Morgan fingerprint density at radius 3 is 2.31 bits per heavy atom. The minimum absolute atomic E-state index is 0.00228. The number of hydrogen-bond acceptors (Lipinski definition) is 5. The number of carbonyl (C=O) groups is 3. The summed E-state index contributed by atoms with van der Waals surface area (Å²) in [4.78, 5) is 35.6. The smallest absolute Gasteiger partial charge is 0.303 e. The molecule has 2 bridgehead atoms. The number of carboxylic acid groups (broad SMARTS) is 1. The van der Waals surface area contributed by atoms with E-state index in [0.717, 1.165) is 32.1 Å². The average Bonchev–Trinajstić information content (AvgIpc) is 3.35. The van der Waals surface area contributed by atoms with Gasteiger partial charge in [-0.3, -0.25) is 14.4 Å². The van der Waals surface area contributed by atoms with Gasteiger partial charge in [-0.05, 0) is 45.4 Å². The van der Waals surface area contributed by atoms with Gasteiger partial charge in [-0.15, -0.1) is 0 Å². The van der Waals surface area contributed by atoms with Crippen molar-refractivity contribution in [3.8, 4) is 0 Å². The lowest BCUT2D eigenvalue weighted by molar-refractivity contribution is -0.137. The Kier molecular flexibility index (Phi) is 8.33. The molecule has 0 unspecified atom stereocenters. The van der Waals surface area contributed by atoms with Gasteiger partial charge in [0.25, 0.3) is 0 Å². The Balaban J connectivity index is 1.47. The molecule has 3 heterocycles. The van der Waals surface area contributed by atoms with Crippen molar-refractivity contribution in [3.63, 3.8) is 0 Å². The Hall–Kier alpha value is -1.93. The summed E-state index contributed by atoms with van der Waals surface area (Å²) < 4.78 is 11.9. The van der Waals surface area contributed by atoms with E-state index in [0.29, 0.717) is 19.4 Å². The van der Waals surface area contributed by atoms with Crippen LogP contribution in [0.3, 0.4) is 0 Å². The van der Waals surface area contributed by atoms with Crippen molar-refractivity contribution in [1.29, 1.82) is 0 Å². The van der Waals surface area contributed by atoms with Crippen LogP contribution in [0.15, 0.2) is 12.2 Å². The third kappa shape index (κ3) is 6.10. The number of epoxide rings is 1. The van der Waals surface area contributed by atoms with E-state index in [-0.39, 0.29) is 54.5 Å². The molecule has 180 valence electrons. The molecule has 0 aromatic carbocycles. The van der Waals surface area contributed by atoms with Crippen LogP contribution in [0, 0.1) is 11.8 Å². The van der Waals surface area contributed by atoms with E-state index in [4.69, 9.17) is 14.6 Å². The van der Waals surface area contributed by atoms with E-state index < -0.39 is 11.5 Å². The zero-order chi connectivity index (χ0) is 23.3. The molecule has 3 N–H and O–H groups in total. The van der Waals surface area contributed by atoms with Crippen LogP contribution in [0.25, 0.3) is 0 Å². The van der Waals surface area contributed by atoms with E-state index in [1.807, 2.05) is 6.08 Å². The largest absolute Gasteiger partial charge is 0.481 e. The van der Waals surface area contributed by atoms with Crippen molar-refractivity contribution in [2.45, 2.75) is 102 Å². The lowest BCUT2D eigenvalue weighted by atomic mass is 9.77. The fourth-order valence-electron chi connectivity index (χ4n) is 4.93. The molecule has 0 saturated carbocycles. The van der Waals surface area contributed by atoms with Crippen molar-refractivity contribution in [3.05, 3.63) is 12.2 Å². The molecule has 3 aliphatic rings. The van der Waals surface area contributed by atoms with Crippen LogP contribution in [0.1, 0.15) is 72.1 Å². The number of allylic oxidation sites excluding steroid dienone is 2. The molecule has 8 nitrogen and oxygen atoms in total. The van der Waals surface area contributed by atoms with E-state index in [1.54, 1.807) is 13.8 Å². The quantitative estimate of drug-likeness (QED) is 0.213. The highest BCUT2D eigenvalue weighted by Crippen LogP contribution is 2.54. The van der Waals surface area contributed by atoms with Crippen LogP contribution in [-0.2, 0) is 23.9 Å². The first-order valence-corrected chi connectivity index (χ1v) is 12.0. The van der Waals surface area contributed by atoms with Crippen LogP contribution in [-0.4, -0.2) is 59.4 Å². The van der Waals surface area contributed by atoms with Gasteiger partial charge < -0.3 is 25.2 Å². The first-order valence-electron chi connectivity index (χ1n) is 12.0. The van der Waals surface area contributed by atoms with Crippen molar-refractivity contribution in [2.24, 2.45) is 11.8 Å². The highest BCUT2D eigenvalue weighted by molar-refractivity contribution is 5.90. The molecule has 2 amide bonds. The van der Waals surface area contributed by atoms with Crippen LogP contribution in [0.5, 0.6) is 0 Å². The van der Waals surface area contributed by atoms with Crippen LogP contribution in [0.4, 0.5) is 0 Å². The zero-order valence-corrected chi connectivity index (χ0v) is 19.5. The summed E-state index contributed by atoms with van der Waals surface area (Å²) >= 11 is 0. The second-order valence-corrected chi connectivity index (χ2v) is 9.79. The molecule has 3 rings (SSSR count). The minimum Gasteiger partial charge on any atom is -0.481 e. The molecule has 0 aromatic rings. The number of carbonyl (C=O) groups excluding carboxylic acids is 2. The summed E-state index contributed by atoms with van der Waals surface area (Å²) in [5, 5.41) is 14.6. The number of nitrogens with one attached hydrogen (secondary N) is 2. The van der Waals surface area contributed by atoms with Gasteiger partial charge in [0.2, 0.25) is 11.8 Å². The highest BCUT2D eigenvalue weighted by Gasteiger charge is 2.68. The number of rotatable bonds is 14. The molecular formula is C24H38N2O6. The van der Waals surface area contributed by atoms with Crippen LogP contribution >= 0.6 is 0 Å². The lowest BCUT2D eigenvalue weighted by Gasteiger charge is -2.29. The fourth-order valence-corrected chi connectivity index (χ4v) is 4.93. The first kappa shape index (κ1) is 24.7. The summed E-state index contributed by atoms with van der Waals surface area (Å²) in [5.74, 6) is -0.644.